The minimum absolute atomic E-state index is 0.399. The van der Waals surface area contributed by atoms with Gasteiger partial charge in [-0.05, 0) is 36.8 Å². The Labute approximate surface area is 181 Å². The molecule has 28 heavy (non-hydrogen) atoms. The second-order valence-electron chi connectivity index (χ2n) is 5.88. The number of anilines is 2. The molecule has 0 atom stereocenters. The third-order valence-electron chi connectivity index (χ3n) is 4.11. The molecule has 1 N–H and O–H groups in total. The second-order valence-corrected chi connectivity index (χ2v) is 7.96. The molecule has 142 valence electrons. The van der Waals surface area contributed by atoms with E-state index < -0.39 is 0 Å². The average molecular weight is 451 g/mol. The van der Waals surface area contributed by atoms with Crippen molar-refractivity contribution in [3.63, 3.8) is 0 Å². The molecule has 0 saturated carbocycles. The van der Waals surface area contributed by atoms with Crippen molar-refractivity contribution in [2.24, 2.45) is 0 Å². The molecule has 2 aromatic heterocycles. The number of ether oxygens (including phenoxy) is 1. The van der Waals surface area contributed by atoms with Gasteiger partial charge in [0, 0.05) is 10.9 Å². The Hall–Kier alpha value is -2.05. The molecule has 0 aliphatic heterocycles. The maximum absolute atomic E-state index is 6.32. The van der Waals surface area contributed by atoms with E-state index in [0.29, 0.717) is 33.2 Å². The Morgan fingerprint density at radius 1 is 1.00 bits per heavy atom. The van der Waals surface area contributed by atoms with Gasteiger partial charge in [-0.2, -0.15) is 0 Å². The lowest BCUT2D eigenvalue weighted by molar-refractivity contribution is 0.340. The summed E-state index contributed by atoms with van der Waals surface area (Å²) in [6, 6.07) is 11.2. The van der Waals surface area contributed by atoms with Crippen molar-refractivity contribution in [3.05, 3.63) is 63.2 Å². The van der Waals surface area contributed by atoms with Gasteiger partial charge in [-0.25, -0.2) is 9.97 Å². The SMILES string of the molecule is CCOc1ccc(-c2csc3ncnc(Nc4cc(Cl)c(Cl)cc4Cl)c23)cc1. The highest BCUT2D eigenvalue weighted by molar-refractivity contribution is 7.17. The Balaban J connectivity index is 1.78. The highest BCUT2D eigenvalue weighted by atomic mass is 35.5. The smallest absolute Gasteiger partial charge is 0.143 e. The van der Waals surface area contributed by atoms with Crippen LogP contribution < -0.4 is 10.1 Å². The number of hydrogen-bond donors (Lipinski definition) is 1. The van der Waals surface area contributed by atoms with Crippen molar-refractivity contribution in [2.45, 2.75) is 6.92 Å². The van der Waals surface area contributed by atoms with E-state index in [2.05, 4.69) is 20.7 Å². The fourth-order valence-electron chi connectivity index (χ4n) is 2.83. The van der Waals surface area contributed by atoms with Gasteiger partial charge >= 0.3 is 0 Å². The van der Waals surface area contributed by atoms with Crippen LogP contribution in [0.15, 0.2) is 48.1 Å². The maximum Gasteiger partial charge on any atom is 0.143 e. The predicted molar refractivity (Wildman–Crippen MR) is 119 cm³/mol. The number of nitrogens with one attached hydrogen (secondary N) is 1. The third-order valence-corrected chi connectivity index (χ3v) is 6.03. The first-order valence-electron chi connectivity index (χ1n) is 8.44. The maximum atomic E-state index is 6.32. The van der Waals surface area contributed by atoms with Crippen LogP contribution in [0.4, 0.5) is 11.5 Å². The summed E-state index contributed by atoms with van der Waals surface area (Å²) in [6.07, 6.45) is 1.52. The zero-order chi connectivity index (χ0) is 19.7. The summed E-state index contributed by atoms with van der Waals surface area (Å²) in [6.45, 7) is 2.59. The topological polar surface area (TPSA) is 47.0 Å². The molecule has 2 aromatic carbocycles. The molecule has 0 bridgehead atoms. The van der Waals surface area contributed by atoms with Crippen LogP contribution in [-0.4, -0.2) is 16.6 Å². The summed E-state index contributed by atoms with van der Waals surface area (Å²) in [5.74, 6) is 1.48. The Morgan fingerprint density at radius 2 is 1.75 bits per heavy atom. The van der Waals surface area contributed by atoms with E-state index in [1.54, 1.807) is 23.5 Å². The van der Waals surface area contributed by atoms with Crippen LogP contribution in [0.1, 0.15) is 6.92 Å². The fourth-order valence-corrected chi connectivity index (χ4v) is 4.34. The first-order valence-corrected chi connectivity index (χ1v) is 10.4. The van der Waals surface area contributed by atoms with Crippen molar-refractivity contribution in [3.8, 4) is 16.9 Å². The van der Waals surface area contributed by atoms with Gasteiger partial charge in [0.25, 0.3) is 0 Å². The molecule has 8 heteroatoms. The summed E-state index contributed by atoms with van der Waals surface area (Å²) in [4.78, 5) is 9.69. The molecule has 4 aromatic rings. The number of aromatic nitrogens is 2. The molecule has 4 nitrogen and oxygen atoms in total. The number of rotatable bonds is 5. The molecular formula is C20H14Cl3N3OS. The van der Waals surface area contributed by atoms with Crippen LogP contribution in [0.5, 0.6) is 5.75 Å². The molecule has 2 heterocycles. The summed E-state index contributed by atoms with van der Waals surface area (Å²) in [7, 11) is 0. The van der Waals surface area contributed by atoms with E-state index in [9.17, 15) is 0 Å². The Kier molecular flexibility index (Phi) is 5.60. The highest BCUT2D eigenvalue weighted by Gasteiger charge is 2.15. The summed E-state index contributed by atoms with van der Waals surface area (Å²) in [5, 5.41) is 7.52. The van der Waals surface area contributed by atoms with Crippen LogP contribution >= 0.6 is 46.1 Å². The summed E-state index contributed by atoms with van der Waals surface area (Å²) >= 11 is 20.0. The molecule has 0 spiro atoms. The lowest BCUT2D eigenvalue weighted by Crippen LogP contribution is -1.96. The largest absolute Gasteiger partial charge is 0.494 e. The van der Waals surface area contributed by atoms with Gasteiger partial charge in [0.15, 0.2) is 0 Å². The summed E-state index contributed by atoms with van der Waals surface area (Å²) in [5.41, 5.74) is 2.70. The zero-order valence-corrected chi connectivity index (χ0v) is 17.8. The van der Waals surface area contributed by atoms with Crippen LogP contribution in [0.25, 0.3) is 21.3 Å². The van der Waals surface area contributed by atoms with Crippen molar-refractivity contribution in [1.29, 1.82) is 0 Å². The van der Waals surface area contributed by atoms with Crippen LogP contribution in [0.2, 0.25) is 15.1 Å². The number of halogens is 3. The van der Waals surface area contributed by atoms with E-state index in [1.165, 1.54) is 6.33 Å². The Morgan fingerprint density at radius 3 is 2.50 bits per heavy atom. The molecule has 4 rings (SSSR count). The molecule has 0 aliphatic rings. The minimum Gasteiger partial charge on any atom is -0.494 e. The number of nitrogens with zero attached hydrogens (tertiary/aromatic N) is 2. The van der Waals surface area contributed by atoms with Crippen LogP contribution in [0.3, 0.4) is 0 Å². The zero-order valence-electron chi connectivity index (χ0n) is 14.7. The lowest BCUT2D eigenvalue weighted by Gasteiger charge is -2.11. The number of benzene rings is 2. The molecule has 0 fully saturated rings. The third kappa shape index (κ3) is 3.76. The van der Waals surface area contributed by atoms with E-state index >= 15 is 0 Å². The highest BCUT2D eigenvalue weighted by Crippen LogP contribution is 2.40. The van der Waals surface area contributed by atoms with Gasteiger partial charge in [-0.15, -0.1) is 11.3 Å². The summed E-state index contributed by atoms with van der Waals surface area (Å²) < 4.78 is 5.53. The second kappa shape index (κ2) is 8.13. The molecule has 0 saturated heterocycles. The van der Waals surface area contributed by atoms with Gasteiger partial charge in [0.05, 0.1) is 32.7 Å². The number of thiophene rings is 1. The molecular weight excluding hydrogens is 437 g/mol. The van der Waals surface area contributed by atoms with E-state index in [-0.39, 0.29) is 0 Å². The van der Waals surface area contributed by atoms with Gasteiger partial charge in [-0.3, -0.25) is 0 Å². The first kappa shape index (κ1) is 19.3. The normalized spacial score (nSPS) is 11.0. The number of fused-ring (bicyclic) bond motifs is 1. The van der Waals surface area contributed by atoms with Crippen LogP contribution in [0, 0.1) is 0 Å². The van der Waals surface area contributed by atoms with Crippen molar-refractivity contribution >= 4 is 67.9 Å². The molecule has 0 unspecified atom stereocenters. The molecule has 0 radical (unpaired) electrons. The molecule has 0 amide bonds. The predicted octanol–water partition coefficient (Wildman–Crippen LogP) is 7.46. The molecule has 0 aliphatic carbocycles. The van der Waals surface area contributed by atoms with Gasteiger partial charge in [0.1, 0.15) is 22.7 Å². The van der Waals surface area contributed by atoms with E-state index in [4.69, 9.17) is 39.5 Å². The van der Waals surface area contributed by atoms with Gasteiger partial charge in [0.2, 0.25) is 0 Å². The van der Waals surface area contributed by atoms with Crippen molar-refractivity contribution < 1.29 is 4.74 Å². The van der Waals surface area contributed by atoms with Gasteiger partial charge in [-0.1, -0.05) is 46.9 Å². The first-order chi connectivity index (χ1) is 13.6. The van der Waals surface area contributed by atoms with Crippen molar-refractivity contribution in [1.82, 2.24) is 9.97 Å². The van der Waals surface area contributed by atoms with Crippen LogP contribution in [-0.2, 0) is 0 Å². The van der Waals surface area contributed by atoms with Crippen molar-refractivity contribution in [2.75, 3.05) is 11.9 Å². The Bertz CT molecular complexity index is 1150. The van der Waals surface area contributed by atoms with E-state index in [1.807, 2.05) is 31.2 Å². The van der Waals surface area contributed by atoms with Gasteiger partial charge < -0.3 is 10.1 Å². The average Bonchev–Trinajstić information content (AvgIpc) is 3.12. The monoisotopic (exact) mass is 449 g/mol. The fraction of sp³-hybridized carbons (Fsp3) is 0.100. The minimum atomic E-state index is 0.399. The lowest BCUT2D eigenvalue weighted by atomic mass is 10.1. The quantitative estimate of drug-likeness (QED) is 0.320. The number of hydrogen-bond acceptors (Lipinski definition) is 5. The van der Waals surface area contributed by atoms with E-state index in [0.717, 1.165) is 27.1 Å². The standard InChI is InChI=1S/C20H14Cl3N3OS/c1-2-27-12-5-3-11(4-6-12)13-9-28-20-18(13)19(24-10-25-20)26-17-8-15(22)14(21)7-16(17)23/h3-10H,2H2,1H3,(H,24,25,26).